The van der Waals surface area contributed by atoms with E-state index in [1.807, 2.05) is 30.3 Å². The minimum atomic E-state index is -0.681. The van der Waals surface area contributed by atoms with Gasteiger partial charge in [0.15, 0.2) is 11.5 Å². The van der Waals surface area contributed by atoms with E-state index in [4.69, 9.17) is 9.47 Å². The van der Waals surface area contributed by atoms with Crippen LogP contribution in [0.4, 0.5) is 0 Å². The van der Waals surface area contributed by atoms with Crippen LogP contribution in [0.2, 0.25) is 0 Å². The first-order chi connectivity index (χ1) is 9.69. The standard InChI is InChI=1S/C16H17BrO3/c1-19-14-8-7-13(9-15(14)20-2)16(18)12-5-3-11(10-17)4-6-12/h3-9,16,18H,10H2,1-2H3. The molecule has 0 fully saturated rings. The highest BCUT2D eigenvalue weighted by Crippen LogP contribution is 2.32. The average molecular weight is 337 g/mol. The van der Waals surface area contributed by atoms with E-state index in [1.165, 1.54) is 5.56 Å². The van der Waals surface area contributed by atoms with Gasteiger partial charge in [-0.15, -0.1) is 0 Å². The van der Waals surface area contributed by atoms with Crippen LogP contribution in [-0.2, 0) is 5.33 Å². The Hall–Kier alpha value is -1.52. The Bertz CT molecular complexity index is 566. The number of hydrogen-bond acceptors (Lipinski definition) is 3. The van der Waals surface area contributed by atoms with Crippen LogP contribution in [0.15, 0.2) is 42.5 Å². The van der Waals surface area contributed by atoms with Crippen molar-refractivity contribution in [1.82, 2.24) is 0 Å². The zero-order chi connectivity index (χ0) is 14.5. The second kappa shape index (κ2) is 6.77. The number of methoxy groups -OCH3 is 2. The van der Waals surface area contributed by atoms with E-state index in [2.05, 4.69) is 15.9 Å². The molecular formula is C16H17BrO3. The van der Waals surface area contributed by atoms with Gasteiger partial charge in [-0.1, -0.05) is 46.3 Å². The van der Waals surface area contributed by atoms with Gasteiger partial charge in [0.2, 0.25) is 0 Å². The number of alkyl halides is 1. The summed E-state index contributed by atoms with van der Waals surface area (Å²) < 4.78 is 10.5. The Morgan fingerprint density at radius 3 is 2.10 bits per heavy atom. The zero-order valence-corrected chi connectivity index (χ0v) is 13.1. The fourth-order valence-electron chi connectivity index (χ4n) is 2.00. The average Bonchev–Trinajstić information content (AvgIpc) is 2.53. The molecular weight excluding hydrogens is 320 g/mol. The molecule has 0 aliphatic rings. The predicted octanol–water partition coefficient (Wildman–Crippen LogP) is 3.68. The third-order valence-electron chi connectivity index (χ3n) is 3.17. The molecule has 0 aromatic heterocycles. The van der Waals surface area contributed by atoms with Crippen molar-refractivity contribution in [3.8, 4) is 11.5 Å². The van der Waals surface area contributed by atoms with Crippen molar-refractivity contribution in [2.24, 2.45) is 0 Å². The smallest absolute Gasteiger partial charge is 0.161 e. The van der Waals surface area contributed by atoms with E-state index in [-0.39, 0.29) is 0 Å². The normalized spacial score (nSPS) is 12.0. The van der Waals surface area contributed by atoms with Gasteiger partial charge in [-0.3, -0.25) is 0 Å². The molecule has 2 aromatic rings. The minimum absolute atomic E-state index is 0.612. The van der Waals surface area contributed by atoms with Gasteiger partial charge in [-0.2, -0.15) is 0 Å². The lowest BCUT2D eigenvalue weighted by Gasteiger charge is -2.15. The van der Waals surface area contributed by atoms with Crippen LogP contribution in [0, 0.1) is 0 Å². The molecule has 2 aromatic carbocycles. The molecule has 106 valence electrons. The van der Waals surface area contributed by atoms with E-state index in [9.17, 15) is 5.11 Å². The second-order valence-corrected chi connectivity index (χ2v) is 4.95. The fraction of sp³-hybridized carbons (Fsp3) is 0.250. The molecule has 0 radical (unpaired) electrons. The zero-order valence-electron chi connectivity index (χ0n) is 11.5. The van der Waals surface area contributed by atoms with Gasteiger partial charge in [0.25, 0.3) is 0 Å². The van der Waals surface area contributed by atoms with Crippen LogP contribution < -0.4 is 9.47 Å². The van der Waals surface area contributed by atoms with Crippen LogP contribution in [0.5, 0.6) is 11.5 Å². The molecule has 0 saturated carbocycles. The number of hydrogen-bond donors (Lipinski definition) is 1. The number of benzene rings is 2. The van der Waals surface area contributed by atoms with E-state index in [0.29, 0.717) is 11.5 Å². The fourth-order valence-corrected chi connectivity index (χ4v) is 2.38. The van der Waals surface area contributed by atoms with Crippen molar-refractivity contribution in [2.45, 2.75) is 11.4 Å². The molecule has 0 heterocycles. The number of rotatable bonds is 5. The third-order valence-corrected chi connectivity index (χ3v) is 3.82. The Balaban J connectivity index is 2.29. The van der Waals surface area contributed by atoms with Crippen molar-refractivity contribution >= 4 is 15.9 Å². The summed E-state index contributed by atoms with van der Waals surface area (Å²) >= 11 is 3.41. The molecule has 1 unspecified atom stereocenters. The molecule has 2 rings (SSSR count). The van der Waals surface area contributed by atoms with E-state index in [0.717, 1.165) is 16.5 Å². The Morgan fingerprint density at radius 2 is 1.55 bits per heavy atom. The van der Waals surface area contributed by atoms with Crippen LogP contribution in [0.3, 0.4) is 0 Å². The highest BCUT2D eigenvalue weighted by atomic mass is 79.9. The van der Waals surface area contributed by atoms with Crippen LogP contribution in [-0.4, -0.2) is 19.3 Å². The van der Waals surface area contributed by atoms with Crippen molar-refractivity contribution in [3.05, 3.63) is 59.2 Å². The summed E-state index contributed by atoms with van der Waals surface area (Å²) in [5, 5.41) is 11.2. The third kappa shape index (κ3) is 3.14. The Kier molecular flexibility index (Phi) is 5.04. The van der Waals surface area contributed by atoms with Gasteiger partial charge in [0, 0.05) is 5.33 Å². The van der Waals surface area contributed by atoms with Gasteiger partial charge >= 0.3 is 0 Å². The van der Waals surface area contributed by atoms with Crippen molar-refractivity contribution < 1.29 is 14.6 Å². The molecule has 20 heavy (non-hydrogen) atoms. The lowest BCUT2D eigenvalue weighted by atomic mass is 10.0. The van der Waals surface area contributed by atoms with Gasteiger partial charge in [0.05, 0.1) is 14.2 Å². The molecule has 4 heteroatoms. The molecule has 3 nitrogen and oxygen atoms in total. The molecule has 0 saturated heterocycles. The summed E-state index contributed by atoms with van der Waals surface area (Å²) in [5.74, 6) is 1.26. The molecule has 1 N–H and O–H groups in total. The molecule has 0 amide bonds. The maximum absolute atomic E-state index is 10.4. The topological polar surface area (TPSA) is 38.7 Å². The largest absolute Gasteiger partial charge is 0.493 e. The van der Waals surface area contributed by atoms with Gasteiger partial charge in [0.1, 0.15) is 6.10 Å². The molecule has 0 aliphatic heterocycles. The molecule has 1 atom stereocenters. The van der Waals surface area contributed by atoms with Crippen LogP contribution >= 0.6 is 15.9 Å². The van der Waals surface area contributed by atoms with Gasteiger partial charge in [-0.25, -0.2) is 0 Å². The van der Waals surface area contributed by atoms with Crippen molar-refractivity contribution in [2.75, 3.05) is 14.2 Å². The van der Waals surface area contributed by atoms with Crippen LogP contribution in [0.1, 0.15) is 22.8 Å². The van der Waals surface area contributed by atoms with E-state index >= 15 is 0 Å². The first-order valence-corrected chi connectivity index (χ1v) is 7.36. The number of ether oxygens (including phenoxy) is 2. The predicted molar refractivity (Wildman–Crippen MR) is 82.7 cm³/mol. The number of halogens is 1. The minimum Gasteiger partial charge on any atom is -0.493 e. The first kappa shape index (κ1) is 14.9. The molecule has 0 aliphatic carbocycles. The summed E-state index contributed by atoms with van der Waals surface area (Å²) in [4.78, 5) is 0. The maximum Gasteiger partial charge on any atom is 0.161 e. The summed E-state index contributed by atoms with van der Waals surface area (Å²) in [6, 6.07) is 13.3. The monoisotopic (exact) mass is 336 g/mol. The van der Waals surface area contributed by atoms with E-state index in [1.54, 1.807) is 26.4 Å². The van der Waals surface area contributed by atoms with Crippen molar-refractivity contribution in [1.29, 1.82) is 0 Å². The summed E-state index contributed by atoms with van der Waals surface area (Å²) in [7, 11) is 3.17. The Morgan fingerprint density at radius 1 is 0.950 bits per heavy atom. The number of aliphatic hydroxyl groups is 1. The quantitative estimate of drug-likeness (QED) is 0.846. The highest BCUT2D eigenvalue weighted by molar-refractivity contribution is 9.08. The van der Waals surface area contributed by atoms with Crippen LogP contribution in [0.25, 0.3) is 0 Å². The summed E-state index contributed by atoms with van der Waals surface area (Å²) in [5.41, 5.74) is 2.80. The first-order valence-electron chi connectivity index (χ1n) is 6.24. The highest BCUT2D eigenvalue weighted by Gasteiger charge is 2.13. The Labute approximate surface area is 127 Å². The van der Waals surface area contributed by atoms with E-state index < -0.39 is 6.10 Å². The lowest BCUT2D eigenvalue weighted by Crippen LogP contribution is -2.01. The van der Waals surface area contributed by atoms with Gasteiger partial charge < -0.3 is 14.6 Å². The maximum atomic E-state index is 10.4. The lowest BCUT2D eigenvalue weighted by molar-refractivity contribution is 0.219. The summed E-state index contributed by atoms with van der Waals surface area (Å²) in [6.07, 6.45) is -0.681. The van der Waals surface area contributed by atoms with Crippen molar-refractivity contribution in [3.63, 3.8) is 0 Å². The summed E-state index contributed by atoms with van der Waals surface area (Å²) in [6.45, 7) is 0. The molecule has 0 spiro atoms. The SMILES string of the molecule is COc1ccc(C(O)c2ccc(CBr)cc2)cc1OC. The van der Waals surface area contributed by atoms with Gasteiger partial charge in [-0.05, 0) is 28.8 Å². The molecule has 0 bridgehead atoms. The second-order valence-electron chi connectivity index (χ2n) is 4.39. The number of aliphatic hydroxyl groups excluding tert-OH is 1.